The van der Waals surface area contributed by atoms with Gasteiger partial charge in [0.1, 0.15) is 6.61 Å². The number of aromatic nitrogens is 3. The number of rotatable bonds is 11. The molecule has 1 aliphatic rings. The first-order valence-electron chi connectivity index (χ1n) is 13.6. The van der Waals surface area contributed by atoms with Gasteiger partial charge in [-0.3, -0.25) is 9.36 Å². The number of nitrogens with one attached hydrogen (secondary N) is 1. The lowest BCUT2D eigenvalue weighted by Crippen LogP contribution is -2.20. The van der Waals surface area contributed by atoms with E-state index in [0.29, 0.717) is 29.2 Å². The molecule has 0 atom stereocenters. The summed E-state index contributed by atoms with van der Waals surface area (Å²) in [6.45, 7) is 0.439. The van der Waals surface area contributed by atoms with Gasteiger partial charge in [0.25, 0.3) is 5.91 Å². The lowest BCUT2D eigenvalue weighted by atomic mass is 9.95. The Morgan fingerprint density at radius 2 is 1.83 bits per heavy atom. The predicted octanol–water partition coefficient (Wildman–Crippen LogP) is 6.93. The summed E-state index contributed by atoms with van der Waals surface area (Å²) in [5, 5.41) is 14.5. The number of hydrazone groups is 1. The van der Waals surface area contributed by atoms with Gasteiger partial charge >= 0.3 is 0 Å². The van der Waals surface area contributed by atoms with Gasteiger partial charge in [-0.15, -0.1) is 10.2 Å². The van der Waals surface area contributed by atoms with Crippen molar-refractivity contribution in [1.29, 1.82) is 0 Å². The molecule has 10 heteroatoms. The number of carbonyl (C=O) groups is 1. The molecular weight excluding hydrogens is 558 g/mol. The first-order valence-corrected chi connectivity index (χ1v) is 15.0. The monoisotopic (exact) mass is 589 g/mol. The van der Waals surface area contributed by atoms with Crippen molar-refractivity contribution in [2.75, 3.05) is 12.9 Å². The number of carbonyl (C=O) groups excluding carboxylic acids is 1. The molecule has 1 fully saturated rings. The van der Waals surface area contributed by atoms with E-state index in [0.717, 1.165) is 40.5 Å². The Balaban J connectivity index is 1.19. The van der Waals surface area contributed by atoms with Gasteiger partial charge in [0.15, 0.2) is 22.5 Å². The van der Waals surface area contributed by atoms with Crippen molar-refractivity contribution < 1.29 is 14.3 Å². The first kappa shape index (κ1) is 28.7. The predicted molar refractivity (Wildman–Crippen MR) is 163 cm³/mol. The van der Waals surface area contributed by atoms with Gasteiger partial charge in [0.2, 0.25) is 0 Å². The molecule has 1 amide bonds. The van der Waals surface area contributed by atoms with Crippen LogP contribution < -0.4 is 14.9 Å². The van der Waals surface area contributed by atoms with Crippen molar-refractivity contribution in [2.45, 2.75) is 49.9 Å². The van der Waals surface area contributed by atoms with E-state index in [2.05, 4.69) is 25.3 Å². The zero-order valence-electron chi connectivity index (χ0n) is 22.8. The third-order valence-electron chi connectivity index (χ3n) is 6.87. The Morgan fingerprint density at radius 3 is 2.59 bits per heavy atom. The topological polar surface area (TPSA) is 90.6 Å². The number of thioether (sulfide) groups is 1. The van der Waals surface area contributed by atoms with Gasteiger partial charge in [0.05, 0.1) is 19.1 Å². The molecule has 0 saturated heterocycles. The maximum absolute atomic E-state index is 12.6. The summed E-state index contributed by atoms with van der Waals surface area (Å²) in [7, 11) is 1.59. The van der Waals surface area contributed by atoms with E-state index in [1.165, 1.54) is 31.0 Å². The lowest BCUT2D eigenvalue weighted by molar-refractivity contribution is -0.118. The molecule has 0 aliphatic heterocycles. The van der Waals surface area contributed by atoms with Gasteiger partial charge in [-0.05, 0) is 66.4 Å². The molecule has 1 N–H and O–H groups in total. The second-order valence-corrected chi connectivity index (χ2v) is 11.1. The molecule has 0 unspecified atom stereocenters. The average Bonchev–Trinajstić information content (AvgIpc) is 3.44. The van der Waals surface area contributed by atoms with Crippen LogP contribution in [0.5, 0.6) is 11.5 Å². The normalized spacial score (nSPS) is 13.8. The van der Waals surface area contributed by atoms with Crippen LogP contribution in [0.1, 0.15) is 49.3 Å². The van der Waals surface area contributed by atoms with Gasteiger partial charge < -0.3 is 9.47 Å². The van der Waals surface area contributed by atoms with Crippen LogP contribution in [0.4, 0.5) is 0 Å². The van der Waals surface area contributed by atoms with Crippen LogP contribution >= 0.6 is 23.4 Å². The number of ether oxygens (including phenoxy) is 2. The van der Waals surface area contributed by atoms with Crippen LogP contribution in [-0.4, -0.2) is 39.7 Å². The van der Waals surface area contributed by atoms with Crippen LogP contribution in [0.25, 0.3) is 11.4 Å². The van der Waals surface area contributed by atoms with E-state index >= 15 is 0 Å². The van der Waals surface area contributed by atoms with Crippen molar-refractivity contribution in [3.63, 3.8) is 0 Å². The summed E-state index contributed by atoms with van der Waals surface area (Å²) in [4.78, 5) is 12.6. The number of benzene rings is 3. The van der Waals surface area contributed by atoms with Gasteiger partial charge in [-0.1, -0.05) is 73.0 Å². The Kier molecular flexibility index (Phi) is 9.93. The summed E-state index contributed by atoms with van der Waals surface area (Å²) >= 11 is 7.47. The molecule has 1 aromatic heterocycles. The van der Waals surface area contributed by atoms with E-state index in [1.54, 1.807) is 13.3 Å². The minimum Gasteiger partial charge on any atom is -0.493 e. The maximum Gasteiger partial charge on any atom is 0.250 e. The SMILES string of the molecule is COc1cc(/C=N/NC(=O)CSc2nnc(-c3ccc(Cl)cc3)n2C2CCCCC2)ccc1OCc1ccccc1. The zero-order chi connectivity index (χ0) is 28.4. The molecule has 5 rings (SSSR count). The van der Waals surface area contributed by atoms with E-state index in [4.69, 9.17) is 21.1 Å². The molecule has 1 aliphatic carbocycles. The van der Waals surface area contributed by atoms with Crippen LogP contribution in [0, 0.1) is 0 Å². The van der Waals surface area contributed by atoms with Crippen molar-refractivity contribution >= 4 is 35.5 Å². The number of nitrogens with zero attached hydrogens (tertiary/aromatic N) is 4. The Bertz CT molecular complexity index is 1470. The molecule has 0 spiro atoms. The highest BCUT2D eigenvalue weighted by atomic mass is 35.5. The molecular formula is C31H32ClN5O3S. The van der Waals surface area contributed by atoms with Crippen molar-refractivity contribution in [2.24, 2.45) is 5.10 Å². The summed E-state index contributed by atoms with van der Waals surface area (Å²) in [6, 6.07) is 23.4. The van der Waals surface area contributed by atoms with E-state index in [-0.39, 0.29) is 11.7 Å². The fourth-order valence-electron chi connectivity index (χ4n) is 4.80. The Morgan fingerprint density at radius 1 is 1.05 bits per heavy atom. The molecule has 3 aromatic carbocycles. The lowest BCUT2D eigenvalue weighted by Gasteiger charge is -2.25. The first-order chi connectivity index (χ1) is 20.1. The van der Waals surface area contributed by atoms with Crippen LogP contribution in [0.2, 0.25) is 5.02 Å². The fraction of sp³-hybridized carbons (Fsp3) is 0.290. The van der Waals surface area contributed by atoms with E-state index in [9.17, 15) is 4.79 Å². The standard InChI is InChI=1S/C31H32ClN5O3S/c1-39-28-18-23(12-17-27(28)40-20-22-8-4-2-5-9-22)19-33-34-29(38)21-41-31-36-35-30(24-13-15-25(32)16-14-24)37(31)26-10-6-3-7-11-26/h2,4-5,8-9,12-19,26H,3,6-7,10-11,20-21H2,1H3,(H,34,38)/b33-19+. The zero-order valence-corrected chi connectivity index (χ0v) is 24.4. The van der Waals surface area contributed by atoms with E-state index < -0.39 is 0 Å². The molecule has 0 radical (unpaired) electrons. The van der Waals surface area contributed by atoms with Crippen molar-refractivity contribution in [3.8, 4) is 22.9 Å². The maximum atomic E-state index is 12.6. The van der Waals surface area contributed by atoms with Crippen LogP contribution in [-0.2, 0) is 11.4 Å². The summed E-state index contributed by atoms with van der Waals surface area (Å²) in [6.07, 6.45) is 7.31. The van der Waals surface area contributed by atoms with Crippen LogP contribution in [0.3, 0.4) is 0 Å². The summed E-state index contributed by atoms with van der Waals surface area (Å²) in [5.74, 6) is 1.96. The quantitative estimate of drug-likeness (QED) is 0.116. The minimum atomic E-state index is -0.229. The van der Waals surface area contributed by atoms with Crippen LogP contribution in [0.15, 0.2) is 83.1 Å². The molecule has 41 heavy (non-hydrogen) atoms. The Hall–Kier alpha value is -3.82. The molecule has 4 aromatic rings. The summed E-state index contributed by atoms with van der Waals surface area (Å²) < 4.78 is 13.6. The molecule has 1 heterocycles. The third kappa shape index (κ3) is 7.68. The fourth-order valence-corrected chi connectivity index (χ4v) is 5.72. The molecule has 212 valence electrons. The van der Waals surface area contributed by atoms with Gasteiger partial charge in [-0.25, -0.2) is 5.43 Å². The molecule has 1 saturated carbocycles. The molecule has 8 nitrogen and oxygen atoms in total. The minimum absolute atomic E-state index is 0.165. The van der Waals surface area contributed by atoms with Gasteiger partial charge in [-0.2, -0.15) is 5.10 Å². The van der Waals surface area contributed by atoms with Gasteiger partial charge in [0, 0.05) is 16.6 Å². The second-order valence-electron chi connectivity index (χ2n) is 9.74. The summed E-state index contributed by atoms with van der Waals surface area (Å²) in [5.41, 5.74) is 5.41. The average molecular weight is 590 g/mol. The number of methoxy groups -OCH3 is 1. The number of halogens is 1. The third-order valence-corrected chi connectivity index (χ3v) is 8.06. The Labute approximate surface area is 249 Å². The number of amides is 1. The smallest absolute Gasteiger partial charge is 0.250 e. The highest BCUT2D eigenvalue weighted by Gasteiger charge is 2.24. The van der Waals surface area contributed by atoms with Crippen molar-refractivity contribution in [1.82, 2.24) is 20.2 Å². The number of hydrogen-bond acceptors (Lipinski definition) is 7. The molecule has 0 bridgehead atoms. The highest BCUT2D eigenvalue weighted by Crippen LogP contribution is 2.36. The largest absolute Gasteiger partial charge is 0.493 e. The number of hydrogen-bond donors (Lipinski definition) is 1. The van der Waals surface area contributed by atoms with Crippen molar-refractivity contribution in [3.05, 3.63) is 88.9 Å². The van der Waals surface area contributed by atoms with E-state index in [1.807, 2.05) is 72.8 Å². The highest BCUT2D eigenvalue weighted by molar-refractivity contribution is 7.99. The second kappa shape index (κ2) is 14.2.